The van der Waals surface area contributed by atoms with Crippen molar-refractivity contribution in [3.05, 3.63) is 0 Å². The van der Waals surface area contributed by atoms with Gasteiger partial charge in [0.2, 0.25) is 5.91 Å². The van der Waals surface area contributed by atoms with Gasteiger partial charge < -0.3 is 10.2 Å². The molecule has 0 saturated carbocycles. The highest BCUT2D eigenvalue weighted by Gasteiger charge is 2.25. The molecule has 110 valence electrons. The van der Waals surface area contributed by atoms with Crippen molar-refractivity contribution in [3.63, 3.8) is 0 Å². The molecule has 2 fully saturated rings. The number of nitrogens with one attached hydrogen (secondary N) is 1. The van der Waals surface area contributed by atoms with E-state index >= 15 is 0 Å². The number of rotatable bonds is 2. The van der Waals surface area contributed by atoms with Gasteiger partial charge in [0.15, 0.2) is 0 Å². The van der Waals surface area contributed by atoms with Crippen LogP contribution in [0.3, 0.4) is 0 Å². The molecular weight excluding hydrogens is 258 g/mol. The molecule has 2 heterocycles. The van der Waals surface area contributed by atoms with Gasteiger partial charge in [-0.25, -0.2) is 0 Å². The second kappa shape index (κ2) is 6.95. The largest absolute Gasteiger partial charge is 0.340 e. The molecule has 2 rings (SSSR count). The lowest BCUT2D eigenvalue weighted by atomic mass is 10.1. The minimum absolute atomic E-state index is 0.313. The molecule has 0 bridgehead atoms. The number of amides is 1. The SMILES string of the molecule is CC1(C)CCN(CC(=O)N2CCCNCC2)CCS1. The van der Waals surface area contributed by atoms with Gasteiger partial charge in [0.25, 0.3) is 0 Å². The van der Waals surface area contributed by atoms with Crippen LogP contribution in [0, 0.1) is 0 Å². The summed E-state index contributed by atoms with van der Waals surface area (Å²) in [5, 5.41) is 3.35. The third kappa shape index (κ3) is 4.97. The molecule has 0 aromatic carbocycles. The van der Waals surface area contributed by atoms with Gasteiger partial charge in [-0.3, -0.25) is 9.69 Å². The molecule has 0 aliphatic carbocycles. The number of hydrogen-bond acceptors (Lipinski definition) is 4. The van der Waals surface area contributed by atoms with Crippen LogP contribution >= 0.6 is 11.8 Å². The predicted octanol–water partition coefficient (Wildman–Crippen LogP) is 1.03. The van der Waals surface area contributed by atoms with E-state index in [1.807, 2.05) is 16.7 Å². The molecule has 0 radical (unpaired) electrons. The van der Waals surface area contributed by atoms with Crippen molar-refractivity contribution >= 4 is 17.7 Å². The van der Waals surface area contributed by atoms with Crippen LogP contribution in [-0.2, 0) is 4.79 Å². The van der Waals surface area contributed by atoms with Crippen LogP contribution in [0.1, 0.15) is 26.7 Å². The maximum absolute atomic E-state index is 12.3. The van der Waals surface area contributed by atoms with Gasteiger partial charge in [0, 0.05) is 43.2 Å². The Morgan fingerprint density at radius 1 is 1.21 bits per heavy atom. The third-order valence-electron chi connectivity index (χ3n) is 3.98. The van der Waals surface area contributed by atoms with Gasteiger partial charge in [0.1, 0.15) is 0 Å². The minimum atomic E-state index is 0.313. The predicted molar refractivity (Wildman–Crippen MR) is 81.7 cm³/mol. The second-order valence-corrected chi connectivity index (χ2v) is 7.92. The summed E-state index contributed by atoms with van der Waals surface area (Å²) >= 11 is 2.03. The van der Waals surface area contributed by atoms with Crippen LogP contribution < -0.4 is 5.32 Å². The first kappa shape index (κ1) is 15.1. The first-order chi connectivity index (χ1) is 9.07. The van der Waals surface area contributed by atoms with E-state index < -0.39 is 0 Å². The molecule has 2 aliphatic rings. The fourth-order valence-corrected chi connectivity index (χ4v) is 3.74. The van der Waals surface area contributed by atoms with Gasteiger partial charge >= 0.3 is 0 Å². The van der Waals surface area contributed by atoms with Crippen LogP contribution in [0.5, 0.6) is 0 Å². The summed E-state index contributed by atoms with van der Waals surface area (Å²) in [6, 6.07) is 0. The minimum Gasteiger partial charge on any atom is -0.340 e. The van der Waals surface area contributed by atoms with E-state index in [0.29, 0.717) is 17.2 Å². The quantitative estimate of drug-likeness (QED) is 0.822. The van der Waals surface area contributed by atoms with Crippen molar-refractivity contribution in [2.45, 2.75) is 31.4 Å². The maximum atomic E-state index is 12.3. The Hall–Kier alpha value is -0.260. The molecule has 2 aliphatic heterocycles. The third-order valence-corrected chi connectivity index (χ3v) is 5.35. The molecule has 0 atom stereocenters. The Bertz CT molecular complexity index is 301. The van der Waals surface area contributed by atoms with E-state index in [1.165, 1.54) is 6.42 Å². The molecule has 4 nitrogen and oxygen atoms in total. The van der Waals surface area contributed by atoms with Crippen molar-refractivity contribution < 1.29 is 4.79 Å². The van der Waals surface area contributed by atoms with E-state index in [0.717, 1.165) is 51.4 Å². The number of thioether (sulfide) groups is 1. The smallest absolute Gasteiger partial charge is 0.236 e. The monoisotopic (exact) mass is 285 g/mol. The Kier molecular flexibility index (Phi) is 5.54. The highest BCUT2D eigenvalue weighted by atomic mass is 32.2. The molecule has 1 amide bonds. The van der Waals surface area contributed by atoms with Crippen LogP contribution in [0.25, 0.3) is 0 Å². The molecular formula is C14H27N3OS. The van der Waals surface area contributed by atoms with Gasteiger partial charge in [-0.1, -0.05) is 13.8 Å². The Labute approximate surface area is 121 Å². The van der Waals surface area contributed by atoms with Gasteiger partial charge in [-0.05, 0) is 19.4 Å². The average molecular weight is 285 g/mol. The van der Waals surface area contributed by atoms with E-state index in [1.54, 1.807) is 0 Å². The van der Waals surface area contributed by atoms with Crippen molar-refractivity contribution in [1.82, 2.24) is 15.1 Å². The lowest BCUT2D eigenvalue weighted by Crippen LogP contribution is -2.42. The Morgan fingerprint density at radius 3 is 2.89 bits per heavy atom. The summed E-state index contributed by atoms with van der Waals surface area (Å²) in [5.74, 6) is 1.45. The highest BCUT2D eigenvalue weighted by molar-refractivity contribution is 8.00. The molecule has 0 spiro atoms. The van der Waals surface area contributed by atoms with Crippen molar-refractivity contribution in [1.29, 1.82) is 0 Å². The second-order valence-electron chi connectivity index (χ2n) is 6.12. The Balaban J connectivity index is 1.81. The van der Waals surface area contributed by atoms with E-state index in [4.69, 9.17) is 0 Å². The zero-order chi connectivity index (χ0) is 13.7. The van der Waals surface area contributed by atoms with Gasteiger partial charge in [0.05, 0.1) is 6.54 Å². The summed E-state index contributed by atoms with van der Waals surface area (Å²) in [4.78, 5) is 16.7. The van der Waals surface area contributed by atoms with Gasteiger partial charge in [-0.2, -0.15) is 11.8 Å². The fourth-order valence-electron chi connectivity index (χ4n) is 2.61. The molecule has 1 N–H and O–H groups in total. The summed E-state index contributed by atoms with van der Waals surface area (Å²) in [6.45, 7) is 11.1. The zero-order valence-electron chi connectivity index (χ0n) is 12.3. The molecule has 5 heteroatoms. The lowest BCUT2D eigenvalue weighted by Gasteiger charge is -2.26. The molecule has 19 heavy (non-hydrogen) atoms. The maximum Gasteiger partial charge on any atom is 0.236 e. The van der Waals surface area contributed by atoms with Crippen LogP contribution in [0.15, 0.2) is 0 Å². The number of hydrogen-bond donors (Lipinski definition) is 1. The number of carbonyl (C=O) groups excluding carboxylic acids is 1. The van der Waals surface area contributed by atoms with Gasteiger partial charge in [-0.15, -0.1) is 0 Å². The topological polar surface area (TPSA) is 35.6 Å². The highest BCUT2D eigenvalue weighted by Crippen LogP contribution is 2.30. The molecule has 2 saturated heterocycles. The molecule has 0 unspecified atom stereocenters. The van der Waals surface area contributed by atoms with E-state index in [-0.39, 0.29) is 0 Å². The average Bonchev–Trinajstić information content (AvgIpc) is 2.71. The zero-order valence-corrected chi connectivity index (χ0v) is 13.1. The van der Waals surface area contributed by atoms with Crippen LogP contribution in [0.2, 0.25) is 0 Å². The van der Waals surface area contributed by atoms with Crippen LogP contribution in [0.4, 0.5) is 0 Å². The summed E-state index contributed by atoms with van der Waals surface area (Å²) in [7, 11) is 0. The first-order valence-corrected chi connectivity index (χ1v) is 8.40. The lowest BCUT2D eigenvalue weighted by molar-refractivity contribution is -0.132. The standard InChI is InChI=1S/C14H27N3OS/c1-14(2)4-8-16(10-11-19-14)12-13(18)17-7-3-5-15-6-9-17/h15H,3-12H2,1-2H3. The summed E-state index contributed by atoms with van der Waals surface area (Å²) in [5.41, 5.74) is 0. The normalized spacial score (nSPS) is 25.7. The summed E-state index contributed by atoms with van der Waals surface area (Å²) in [6.07, 6.45) is 2.25. The van der Waals surface area contributed by atoms with Crippen molar-refractivity contribution in [3.8, 4) is 0 Å². The Morgan fingerprint density at radius 2 is 2.05 bits per heavy atom. The number of nitrogens with zero attached hydrogens (tertiary/aromatic N) is 2. The van der Waals surface area contributed by atoms with E-state index in [9.17, 15) is 4.79 Å². The van der Waals surface area contributed by atoms with E-state index in [2.05, 4.69) is 24.1 Å². The van der Waals surface area contributed by atoms with Crippen molar-refractivity contribution in [2.75, 3.05) is 51.6 Å². The first-order valence-electron chi connectivity index (χ1n) is 7.42. The van der Waals surface area contributed by atoms with Crippen LogP contribution in [-0.4, -0.2) is 72.0 Å². The number of carbonyl (C=O) groups is 1. The molecule has 0 aromatic rings. The molecule has 0 aromatic heterocycles. The summed E-state index contributed by atoms with van der Waals surface area (Å²) < 4.78 is 0.365. The fraction of sp³-hybridized carbons (Fsp3) is 0.929. The van der Waals surface area contributed by atoms with Crippen molar-refractivity contribution in [2.24, 2.45) is 0 Å².